The number of carbonyl (C=O) groups excluding carboxylic acids is 1. The van der Waals surface area contributed by atoms with Gasteiger partial charge in [-0.3, -0.25) is 0 Å². The molecule has 1 aromatic rings. The molecule has 0 spiro atoms. The first-order chi connectivity index (χ1) is 9.28. The Bertz CT molecular complexity index is 394. The Morgan fingerprint density at radius 2 is 2.10 bits per heavy atom. The van der Waals surface area contributed by atoms with E-state index in [1.807, 2.05) is 39.2 Å². The fraction of sp³-hybridized carbons (Fsp3) is 0.667. The standard InChI is InChI=1S/C15H27N3O2/c1-11(2)13(17-9-12-6-7-16-8-12)10-18-14(19)20-15(3,4)5/h6-8,11,13,16-17H,9-10H2,1-5H3,(H,18,19). The summed E-state index contributed by atoms with van der Waals surface area (Å²) in [6.45, 7) is 11.2. The second-order valence-corrected chi connectivity index (χ2v) is 6.33. The predicted octanol–water partition coefficient (Wildman–Crippen LogP) is 2.65. The summed E-state index contributed by atoms with van der Waals surface area (Å²) in [5, 5.41) is 6.27. The zero-order valence-electron chi connectivity index (χ0n) is 13.1. The van der Waals surface area contributed by atoms with Crippen LogP contribution in [0.25, 0.3) is 0 Å². The molecule has 0 radical (unpaired) electrons. The smallest absolute Gasteiger partial charge is 0.407 e. The van der Waals surface area contributed by atoms with Crippen molar-refractivity contribution in [3.8, 4) is 0 Å². The Balaban J connectivity index is 2.37. The van der Waals surface area contributed by atoms with Crippen molar-refractivity contribution in [3.63, 3.8) is 0 Å². The van der Waals surface area contributed by atoms with Gasteiger partial charge in [0.2, 0.25) is 0 Å². The van der Waals surface area contributed by atoms with Gasteiger partial charge in [0.25, 0.3) is 0 Å². The highest BCUT2D eigenvalue weighted by Gasteiger charge is 2.18. The molecule has 20 heavy (non-hydrogen) atoms. The zero-order chi connectivity index (χ0) is 15.2. The minimum absolute atomic E-state index is 0.206. The van der Waals surface area contributed by atoms with Gasteiger partial charge in [0, 0.05) is 31.5 Å². The topological polar surface area (TPSA) is 66.2 Å². The molecule has 0 aliphatic rings. The second-order valence-electron chi connectivity index (χ2n) is 6.33. The summed E-state index contributed by atoms with van der Waals surface area (Å²) in [7, 11) is 0. The first-order valence-corrected chi connectivity index (χ1v) is 7.10. The van der Waals surface area contributed by atoms with Crippen LogP contribution in [0.3, 0.4) is 0 Å². The predicted molar refractivity (Wildman–Crippen MR) is 80.5 cm³/mol. The van der Waals surface area contributed by atoms with E-state index >= 15 is 0 Å². The van der Waals surface area contributed by atoms with Crippen LogP contribution in [-0.2, 0) is 11.3 Å². The van der Waals surface area contributed by atoms with E-state index in [0.717, 1.165) is 6.54 Å². The molecule has 1 unspecified atom stereocenters. The van der Waals surface area contributed by atoms with Crippen molar-refractivity contribution in [2.24, 2.45) is 5.92 Å². The highest BCUT2D eigenvalue weighted by Crippen LogP contribution is 2.07. The van der Waals surface area contributed by atoms with E-state index in [1.165, 1.54) is 5.56 Å². The Hall–Kier alpha value is -1.49. The highest BCUT2D eigenvalue weighted by molar-refractivity contribution is 5.67. The maximum atomic E-state index is 11.7. The monoisotopic (exact) mass is 281 g/mol. The van der Waals surface area contributed by atoms with E-state index in [2.05, 4.69) is 29.5 Å². The quantitative estimate of drug-likeness (QED) is 0.751. The van der Waals surface area contributed by atoms with Gasteiger partial charge in [-0.1, -0.05) is 13.8 Å². The average molecular weight is 281 g/mol. The molecule has 1 rings (SSSR count). The van der Waals surface area contributed by atoms with Gasteiger partial charge in [-0.25, -0.2) is 4.79 Å². The highest BCUT2D eigenvalue weighted by atomic mass is 16.6. The van der Waals surface area contributed by atoms with E-state index in [1.54, 1.807) is 0 Å². The summed E-state index contributed by atoms with van der Waals surface area (Å²) in [5.74, 6) is 0.420. The van der Waals surface area contributed by atoms with Crippen LogP contribution in [0.5, 0.6) is 0 Å². The molecule has 0 bridgehead atoms. The minimum atomic E-state index is -0.462. The van der Waals surface area contributed by atoms with Crippen LogP contribution in [0.1, 0.15) is 40.2 Å². The van der Waals surface area contributed by atoms with Gasteiger partial charge in [-0.15, -0.1) is 0 Å². The number of H-pyrrole nitrogens is 1. The fourth-order valence-electron chi connectivity index (χ4n) is 1.77. The molecule has 1 heterocycles. The van der Waals surface area contributed by atoms with Gasteiger partial charge >= 0.3 is 6.09 Å². The molecular formula is C15H27N3O2. The molecule has 1 atom stereocenters. The molecule has 1 amide bonds. The number of nitrogens with one attached hydrogen (secondary N) is 3. The molecule has 3 N–H and O–H groups in total. The van der Waals surface area contributed by atoms with Crippen molar-refractivity contribution in [1.82, 2.24) is 15.6 Å². The summed E-state index contributed by atoms with van der Waals surface area (Å²) in [5.41, 5.74) is 0.739. The summed E-state index contributed by atoms with van der Waals surface area (Å²) in [6, 6.07) is 2.24. The third kappa shape index (κ3) is 6.61. The van der Waals surface area contributed by atoms with E-state index in [0.29, 0.717) is 12.5 Å². The molecule has 0 aliphatic heterocycles. The number of amides is 1. The Kier molecular flexibility index (Phi) is 6.07. The number of hydrogen-bond acceptors (Lipinski definition) is 3. The van der Waals surface area contributed by atoms with Gasteiger partial charge in [-0.05, 0) is 38.3 Å². The molecule has 114 valence electrons. The fourth-order valence-corrected chi connectivity index (χ4v) is 1.77. The Morgan fingerprint density at radius 1 is 1.40 bits per heavy atom. The van der Waals surface area contributed by atoms with Crippen molar-refractivity contribution in [2.75, 3.05) is 6.54 Å². The lowest BCUT2D eigenvalue weighted by Gasteiger charge is -2.24. The summed E-state index contributed by atoms with van der Waals surface area (Å²) >= 11 is 0. The molecule has 5 heteroatoms. The number of aromatic amines is 1. The molecule has 0 fully saturated rings. The van der Waals surface area contributed by atoms with Gasteiger partial charge in [0.05, 0.1) is 0 Å². The van der Waals surface area contributed by atoms with Crippen LogP contribution in [-0.4, -0.2) is 29.3 Å². The molecule has 5 nitrogen and oxygen atoms in total. The lowest BCUT2D eigenvalue weighted by atomic mass is 10.0. The van der Waals surface area contributed by atoms with Crippen molar-refractivity contribution >= 4 is 6.09 Å². The maximum absolute atomic E-state index is 11.7. The minimum Gasteiger partial charge on any atom is -0.444 e. The first-order valence-electron chi connectivity index (χ1n) is 7.10. The van der Waals surface area contributed by atoms with Crippen molar-refractivity contribution in [1.29, 1.82) is 0 Å². The first kappa shape index (κ1) is 16.6. The number of aromatic nitrogens is 1. The summed E-state index contributed by atoms with van der Waals surface area (Å²) < 4.78 is 5.24. The number of ether oxygens (including phenoxy) is 1. The summed E-state index contributed by atoms with van der Waals surface area (Å²) in [4.78, 5) is 14.7. The van der Waals surface area contributed by atoms with E-state index < -0.39 is 5.60 Å². The normalized spacial score (nSPS) is 13.3. The van der Waals surface area contributed by atoms with Crippen molar-refractivity contribution < 1.29 is 9.53 Å². The van der Waals surface area contributed by atoms with Crippen LogP contribution in [0.4, 0.5) is 4.79 Å². The molecular weight excluding hydrogens is 254 g/mol. The molecule has 0 aliphatic carbocycles. The third-order valence-electron chi connectivity index (χ3n) is 2.90. The maximum Gasteiger partial charge on any atom is 0.407 e. The zero-order valence-corrected chi connectivity index (χ0v) is 13.1. The SMILES string of the molecule is CC(C)C(CNC(=O)OC(C)(C)C)NCc1cc[nH]c1. The lowest BCUT2D eigenvalue weighted by Crippen LogP contribution is -2.45. The van der Waals surface area contributed by atoms with Crippen LogP contribution in [0, 0.1) is 5.92 Å². The number of rotatable bonds is 6. The van der Waals surface area contributed by atoms with Crippen LogP contribution in [0.2, 0.25) is 0 Å². The molecule has 1 aromatic heterocycles. The van der Waals surface area contributed by atoms with E-state index in [9.17, 15) is 4.79 Å². The van der Waals surface area contributed by atoms with Crippen molar-refractivity contribution in [3.05, 3.63) is 24.0 Å². The summed E-state index contributed by atoms with van der Waals surface area (Å²) in [6.07, 6.45) is 3.50. The Morgan fingerprint density at radius 3 is 2.60 bits per heavy atom. The number of carbonyl (C=O) groups is 1. The van der Waals surface area contributed by atoms with Gasteiger partial charge in [0.1, 0.15) is 5.60 Å². The second kappa shape index (κ2) is 7.33. The van der Waals surface area contributed by atoms with Crippen LogP contribution in [0.15, 0.2) is 18.5 Å². The average Bonchev–Trinajstić information content (AvgIpc) is 2.78. The number of hydrogen-bond donors (Lipinski definition) is 3. The van der Waals surface area contributed by atoms with Gasteiger partial charge in [-0.2, -0.15) is 0 Å². The van der Waals surface area contributed by atoms with Crippen LogP contribution < -0.4 is 10.6 Å². The third-order valence-corrected chi connectivity index (χ3v) is 2.90. The Labute approximate surface area is 121 Å². The van der Waals surface area contributed by atoms with Gasteiger partial charge in [0.15, 0.2) is 0 Å². The largest absolute Gasteiger partial charge is 0.444 e. The molecule has 0 aromatic carbocycles. The van der Waals surface area contributed by atoms with Crippen LogP contribution >= 0.6 is 0 Å². The number of alkyl carbamates (subject to hydrolysis) is 1. The van der Waals surface area contributed by atoms with Gasteiger partial charge < -0.3 is 20.4 Å². The van der Waals surface area contributed by atoms with Crippen molar-refractivity contribution in [2.45, 2.75) is 52.8 Å². The lowest BCUT2D eigenvalue weighted by molar-refractivity contribution is 0.0519. The van der Waals surface area contributed by atoms with E-state index in [4.69, 9.17) is 4.74 Å². The molecule has 0 saturated carbocycles. The molecule has 0 saturated heterocycles. The van der Waals surface area contributed by atoms with E-state index in [-0.39, 0.29) is 12.1 Å².